The molecule has 2 aliphatic carbocycles. The minimum Gasteiger partial charge on any atom is -0.309 e. The van der Waals surface area contributed by atoms with Crippen LogP contribution in [0.2, 0.25) is 0 Å². The highest BCUT2D eigenvalue weighted by molar-refractivity contribution is 5.15. The van der Waals surface area contributed by atoms with E-state index in [9.17, 15) is 0 Å². The maximum atomic E-state index is 3.80. The van der Waals surface area contributed by atoms with Crippen LogP contribution in [0.5, 0.6) is 0 Å². The second-order valence-corrected chi connectivity index (χ2v) is 5.88. The number of rotatable bonds is 3. The van der Waals surface area contributed by atoms with Crippen molar-refractivity contribution in [1.29, 1.82) is 0 Å². The van der Waals surface area contributed by atoms with Gasteiger partial charge in [0.25, 0.3) is 0 Å². The lowest BCUT2D eigenvalue weighted by atomic mass is 9.57. The molecule has 1 nitrogen and oxygen atoms in total. The summed E-state index contributed by atoms with van der Waals surface area (Å²) >= 11 is 0. The molecule has 1 N–H and O–H groups in total. The first-order chi connectivity index (χ1) is 8.39. The third kappa shape index (κ3) is 2.26. The van der Waals surface area contributed by atoms with Crippen LogP contribution in [0.4, 0.5) is 0 Å². The Kier molecular flexibility index (Phi) is 3.19. The summed E-state index contributed by atoms with van der Waals surface area (Å²) in [5.41, 5.74) is 2.11. The Morgan fingerprint density at radius 1 is 1.00 bits per heavy atom. The van der Waals surface area contributed by atoms with Gasteiger partial charge in [0.05, 0.1) is 0 Å². The Balaban J connectivity index is 1.56. The Morgan fingerprint density at radius 3 is 2.41 bits per heavy atom. The van der Waals surface area contributed by atoms with Crippen molar-refractivity contribution in [3.63, 3.8) is 0 Å². The Morgan fingerprint density at radius 2 is 1.76 bits per heavy atom. The zero-order valence-electron chi connectivity index (χ0n) is 10.6. The van der Waals surface area contributed by atoms with Gasteiger partial charge in [-0.25, -0.2) is 0 Å². The maximum absolute atomic E-state index is 3.80. The van der Waals surface area contributed by atoms with Crippen molar-refractivity contribution in [2.24, 2.45) is 5.41 Å². The second-order valence-electron chi connectivity index (χ2n) is 5.88. The largest absolute Gasteiger partial charge is 0.309 e. The molecule has 1 spiro atoms. The highest BCUT2D eigenvalue weighted by Gasteiger charge is 2.46. The van der Waals surface area contributed by atoms with E-state index in [1.165, 1.54) is 50.5 Å². The van der Waals surface area contributed by atoms with E-state index in [0.717, 1.165) is 12.6 Å². The zero-order valence-corrected chi connectivity index (χ0v) is 10.6. The fourth-order valence-corrected chi connectivity index (χ4v) is 3.71. The Hall–Kier alpha value is -0.820. The van der Waals surface area contributed by atoms with Crippen LogP contribution in [-0.2, 0) is 6.54 Å². The van der Waals surface area contributed by atoms with Crippen molar-refractivity contribution in [3.8, 4) is 0 Å². The van der Waals surface area contributed by atoms with Gasteiger partial charge in [0.15, 0.2) is 0 Å². The summed E-state index contributed by atoms with van der Waals surface area (Å²) in [6, 6.07) is 11.6. The summed E-state index contributed by atoms with van der Waals surface area (Å²) in [5, 5.41) is 3.80. The van der Waals surface area contributed by atoms with Gasteiger partial charge in [0.1, 0.15) is 0 Å². The molecule has 92 valence electrons. The lowest BCUT2D eigenvalue weighted by molar-refractivity contribution is 0.0221. The van der Waals surface area contributed by atoms with Crippen LogP contribution in [0.15, 0.2) is 30.3 Å². The Bertz CT molecular complexity index is 351. The molecule has 0 heterocycles. The van der Waals surface area contributed by atoms with Crippen molar-refractivity contribution >= 4 is 0 Å². The maximum Gasteiger partial charge on any atom is 0.0208 e. The number of hydrogen-bond acceptors (Lipinski definition) is 1. The van der Waals surface area contributed by atoms with E-state index in [1.54, 1.807) is 0 Å². The summed E-state index contributed by atoms with van der Waals surface area (Å²) in [5.74, 6) is 0. The number of benzene rings is 1. The molecule has 1 heteroatoms. The minimum atomic E-state index is 0.688. The van der Waals surface area contributed by atoms with Crippen LogP contribution in [0.25, 0.3) is 0 Å². The standard InChI is InChI=1S/C16H23N/c1-3-7-14(8-4-1)13-17-15-9-12-16(15)10-5-2-6-11-16/h1,3-4,7-8,15,17H,2,5-6,9-13H2. The van der Waals surface area contributed by atoms with Gasteiger partial charge in [-0.2, -0.15) is 0 Å². The molecule has 0 aromatic heterocycles. The fraction of sp³-hybridized carbons (Fsp3) is 0.625. The van der Waals surface area contributed by atoms with Gasteiger partial charge in [-0.1, -0.05) is 49.6 Å². The molecular weight excluding hydrogens is 206 g/mol. The van der Waals surface area contributed by atoms with Crippen LogP contribution in [0.1, 0.15) is 50.5 Å². The van der Waals surface area contributed by atoms with E-state index in [1.807, 2.05) is 0 Å². The zero-order chi connectivity index (χ0) is 11.6. The van der Waals surface area contributed by atoms with Gasteiger partial charge in [-0.3, -0.25) is 0 Å². The van der Waals surface area contributed by atoms with Gasteiger partial charge in [0.2, 0.25) is 0 Å². The molecule has 0 aliphatic heterocycles. The SMILES string of the molecule is c1ccc(CNC2CCC23CCCCC3)cc1. The van der Waals surface area contributed by atoms with Crippen LogP contribution in [-0.4, -0.2) is 6.04 Å². The van der Waals surface area contributed by atoms with Gasteiger partial charge >= 0.3 is 0 Å². The molecular formula is C16H23N. The Labute approximate surface area is 105 Å². The van der Waals surface area contributed by atoms with Crippen molar-refractivity contribution < 1.29 is 0 Å². The molecule has 2 aliphatic rings. The number of hydrogen-bond donors (Lipinski definition) is 1. The summed E-state index contributed by atoms with van der Waals surface area (Å²) in [7, 11) is 0. The molecule has 17 heavy (non-hydrogen) atoms. The number of nitrogens with one attached hydrogen (secondary N) is 1. The van der Waals surface area contributed by atoms with E-state index < -0.39 is 0 Å². The highest BCUT2D eigenvalue weighted by Crippen LogP contribution is 2.51. The summed E-state index contributed by atoms with van der Waals surface area (Å²) in [6.07, 6.45) is 10.2. The predicted octanol–water partition coefficient (Wildman–Crippen LogP) is 3.89. The summed E-state index contributed by atoms with van der Waals surface area (Å²) in [4.78, 5) is 0. The first-order valence-corrected chi connectivity index (χ1v) is 7.16. The molecule has 0 saturated heterocycles. The van der Waals surface area contributed by atoms with Crippen molar-refractivity contribution in [1.82, 2.24) is 5.32 Å². The summed E-state index contributed by atoms with van der Waals surface area (Å²) in [6.45, 7) is 1.05. The van der Waals surface area contributed by atoms with E-state index in [-0.39, 0.29) is 0 Å². The molecule has 3 rings (SSSR count). The van der Waals surface area contributed by atoms with Crippen molar-refractivity contribution in [2.75, 3.05) is 0 Å². The van der Waals surface area contributed by atoms with E-state index in [4.69, 9.17) is 0 Å². The van der Waals surface area contributed by atoms with Gasteiger partial charge in [-0.15, -0.1) is 0 Å². The van der Waals surface area contributed by atoms with Crippen LogP contribution < -0.4 is 5.32 Å². The fourth-order valence-electron chi connectivity index (χ4n) is 3.71. The topological polar surface area (TPSA) is 12.0 Å². The third-order valence-corrected chi connectivity index (χ3v) is 4.91. The molecule has 1 aromatic carbocycles. The second kappa shape index (κ2) is 4.81. The lowest BCUT2D eigenvalue weighted by Crippen LogP contribution is -2.53. The van der Waals surface area contributed by atoms with Crippen LogP contribution >= 0.6 is 0 Å². The third-order valence-electron chi connectivity index (χ3n) is 4.91. The molecule has 1 unspecified atom stereocenters. The molecule has 1 aromatic rings. The van der Waals surface area contributed by atoms with Crippen molar-refractivity contribution in [3.05, 3.63) is 35.9 Å². The quantitative estimate of drug-likeness (QED) is 0.829. The van der Waals surface area contributed by atoms with Gasteiger partial charge in [-0.05, 0) is 36.7 Å². The van der Waals surface area contributed by atoms with Gasteiger partial charge in [0, 0.05) is 12.6 Å². The normalized spacial score (nSPS) is 26.7. The molecule has 1 atom stereocenters. The average molecular weight is 229 g/mol. The molecule has 0 bridgehead atoms. The van der Waals surface area contributed by atoms with E-state index in [2.05, 4.69) is 35.6 Å². The molecule has 2 fully saturated rings. The smallest absolute Gasteiger partial charge is 0.0208 e. The van der Waals surface area contributed by atoms with E-state index in [0.29, 0.717) is 5.41 Å². The van der Waals surface area contributed by atoms with Crippen LogP contribution in [0.3, 0.4) is 0 Å². The van der Waals surface area contributed by atoms with Crippen LogP contribution in [0, 0.1) is 5.41 Å². The lowest BCUT2D eigenvalue weighted by Gasteiger charge is -2.52. The van der Waals surface area contributed by atoms with E-state index >= 15 is 0 Å². The monoisotopic (exact) mass is 229 g/mol. The summed E-state index contributed by atoms with van der Waals surface area (Å²) < 4.78 is 0. The first kappa shape index (κ1) is 11.3. The predicted molar refractivity (Wildman–Crippen MR) is 71.8 cm³/mol. The highest BCUT2D eigenvalue weighted by atomic mass is 15.0. The molecule has 0 radical (unpaired) electrons. The minimum absolute atomic E-state index is 0.688. The molecule has 0 amide bonds. The average Bonchev–Trinajstić information content (AvgIpc) is 2.40. The van der Waals surface area contributed by atoms with Gasteiger partial charge < -0.3 is 5.32 Å². The molecule has 2 saturated carbocycles. The van der Waals surface area contributed by atoms with Crippen molar-refractivity contribution in [2.45, 2.75) is 57.5 Å². The first-order valence-electron chi connectivity index (χ1n) is 7.16.